The van der Waals surface area contributed by atoms with Gasteiger partial charge in [0.05, 0.1) is 17.0 Å². The highest BCUT2D eigenvalue weighted by Gasteiger charge is 2.25. The van der Waals surface area contributed by atoms with E-state index < -0.39 is 11.6 Å². The van der Waals surface area contributed by atoms with Crippen LogP contribution in [0.4, 0.5) is 11.6 Å². The predicted octanol–water partition coefficient (Wildman–Crippen LogP) is 4.72. The van der Waals surface area contributed by atoms with E-state index in [0.717, 1.165) is 5.56 Å². The molecule has 0 radical (unpaired) electrons. The van der Waals surface area contributed by atoms with Crippen molar-refractivity contribution in [2.24, 2.45) is 0 Å². The van der Waals surface area contributed by atoms with Crippen LogP contribution in [0.2, 0.25) is 0 Å². The molecule has 2 aromatic heterocycles. The first-order valence-corrected chi connectivity index (χ1v) is 11.2. The molecule has 1 amide bonds. The first-order chi connectivity index (χ1) is 18.0. The number of nitrogen functional groups attached to an aromatic ring is 1. The molecule has 10 nitrogen and oxygen atoms in total. The maximum atomic E-state index is 13.0. The van der Waals surface area contributed by atoms with Crippen molar-refractivity contribution in [3.8, 4) is 40.1 Å². The molecule has 6 N–H and O–H groups in total. The molecule has 0 saturated heterocycles. The molecule has 0 fully saturated rings. The van der Waals surface area contributed by atoms with E-state index in [1.165, 1.54) is 0 Å². The number of aromatic amines is 2. The van der Waals surface area contributed by atoms with Crippen molar-refractivity contribution >= 4 is 23.3 Å². The number of nitrogens with two attached hydrogens (primary N) is 1. The minimum atomic E-state index is -0.791. The minimum absolute atomic E-state index is 0.00716. The number of amides is 1. The average Bonchev–Trinajstić information content (AvgIpc) is 3.52. The summed E-state index contributed by atoms with van der Waals surface area (Å²) in [5.41, 5.74) is 8.13. The number of para-hydroxylation sites is 1. The van der Waals surface area contributed by atoms with E-state index in [2.05, 4.69) is 31.8 Å². The zero-order chi connectivity index (χ0) is 25.8. The summed E-state index contributed by atoms with van der Waals surface area (Å²) < 4.78 is 5.82. The Bertz CT molecular complexity index is 1610. The van der Waals surface area contributed by atoms with Crippen molar-refractivity contribution < 1.29 is 9.53 Å². The summed E-state index contributed by atoms with van der Waals surface area (Å²) in [6.45, 7) is 0. The molecule has 0 saturated carbocycles. The Balaban J connectivity index is 1.37. The van der Waals surface area contributed by atoms with Gasteiger partial charge in [-0.1, -0.05) is 48.5 Å². The number of hydrogen-bond donors (Lipinski definition) is 5. The molecule has 0 spiro atoms. The van der Waals surface area contributed by atoms with Gasteiger partial charge in [0.25, 0.3) is 5.91 Å². The third kappa shape index (κ3) is 4.65. The summed E-state index contributed by atoms with van der Waals surface area (Å²) in [7, 11) is 0. The summed E-state index contributed by atoms with van der Waals surface area (Å²) in [4.78, 5) is 13.0. The second kappa shape index (κ2) is 9.89. The number of carbonyl (C=O) groups is 1. The van der Waals surface area contributed by atoms with Crippen molar-refractivity contribution in [2.75, 3.05) is 11.1 Å². The number of nitriles is 1. The molecule has 5 aromatic rings. The highest BCUT2D eigenvalue weighted by atomic mass is 16.5. The normalized spacial score (nSPS) is 10.5. The van der Waals surface area contributed by atoms with Gasteiger partial charge in [0.2, 0.25) is 0 Å². The van der Waals surface area contributed by atoms with Crippen LogP contribution in [-0.4, -0.2) is 32.0 Å². The Kier molecular flexibility index (Phi) is 6.17. The smallest absolute Gasteiger partial charge is 0.275 e. The second-order valence-corrected chi connectivity index (χ2v) is 7.93. The number of nitrogens with zero attached hydrogens (tertiary/aromatic N) is 3. The van der Waals surface area contributed by atoms with E-state index in [-0.39, 0.29) is 22.8 Å². The zero-order valence-corrected chi connectivity index (χ0v) is 19.3. The van der Waals surface area contributed by atoms with E-state index >= 15 is 0 Å². The fourth-order valence-electron chi connectivity index (χ4n) is 3.77. The van der Waals surface area contributed by atoms with Crippen molar-refractivity contribution in [1.82, 2.24) is 20.4 Å². The van der Waals surface area contributed by atoms with Crippen LogP contribution in [-0.2, 0) is 4.79 Å². The highest BCUT2D eigenvalue weighted by Crippen LogP contribution is 2.30. The number of benzene rings is 3. The van der Waals surface area contributed by atoms with Crippen molar-refractivity contribution in [2.45, 2.75) is 0 Å². The monoisotopic (exact) mass is 488 g/mol. The van der Waals surface area contributed by atoms with Crippen LogP contribution < -0.4 is 15.8 Å². The van der Waals surface area contributed by atoms with Gasteiger partial charge in [0, 0.05) is 11.1 Å². The van der Waals surface area contributed by atoms with Crippen LogP contribution in [0, 0.1) is 16.7 Å². The molecule has 0 aliphatic heterocycles. The number of rotatable bonds is 7. The largest absolute Gasteiger partial charge is 0.457 e. The Hall–Kier alpha value is -5.69. The molecule has 0 aliphatic carbocycles. The Morgan fingerprint density at radius 3 is 2.14 bits per heavy atom. The van der Waals surface area contributed by atoms with E-state index in [1.54, 1.807) is 24.3 Å². The number of ether oxygens (including phenoxy) is 1. The third-order valence-electron chi connectivity index (χ3n) is 5.57. The van der Waals surface area contributed by atoms with Crippen LogP contribution in [0.3, 0.4) is 0 Å². The van der Waals surface area contributed by atoms with Crippen LogP contribution >= 0.6 is 0 Å². The van der Waals surface area contributed by atoms with Gasteiger partial charge in [-0.3, -0.25) is 20.4 Å². The first-order valence-electron chi connectivity index (χ1n) is 11.2. The van der Waals surface area contributed by atoms with E-state index in [9.17, 15) is 10.1 Å². The van der Waals surface area contributed by atoms with E-state index in [1.807, 2.05) is 60.7 Å². The summed E-state index contributed by atoms with van der Waals surface area (Å²) in [6.07, 6.45) is 0. The molecular formula is C27H20N8O2. The van der Waals surface area contributed by atoms with Gasteiger partial charge in [-0.05, 0) is 36.4 Å². The van der Waals surface area contributed by atoms with E-state index in [4.69, 9.17) is 15.9 Å². The molecule has 3 aromatic carbocycles. The maximum Gasteiger partial charge on any atom is 0.275 e. The topological polar surface area (TPSA) is 169 Å². The summed E-state index contributed by atoms with van der Waals surface area (Å²) in [6, 6.07) is 27.6. The lowest BCUT2D eigenvalue weighted by molar-refractivity contribution is -0.110. The molecule has 37 heavy (non-hydrogen) atoms. The predicted molar refractivity (Wildman–Crippen MR) is 139 cm³/mol. The fourth-order valence-corrected chi connectivity index (χ4v) is 3.77. The average molecular weight is 489 g/mol. The Labute approximate surface area is 211 Å². The fraction of sp³-hybridized carbons (Fsp3) is 0. The van der Waals surface area contributed by atoms with Crippen LogP contribution in [0.5, 0.6) is 11.5 Å². The van der Waals surface area contributed by atoms with Crippen LogP contribution in [0.15, 0.2) is 84.9 Å². The lowest BCUT2D eigenvalue weighted by Crippen LogP contribution is -2.24. The van der Waals surface area contributed by atoms with Gasteiger partial charge in [-0.2, -0.15) is 15.5 Å². The van der Waals surface area contributed by atoms with Gasteiger partial charge in [-0.15, -0.1) is 0 Å². The van der Waals surface area contributed by atoms with Crippen molar-refractivity contribution in [3.05, 3.63) is 96.1 Å². The van der Waals surface area contributed by atoms with Crippen LogP contribution in [0.1, 0.15) is 11.1 Å². The number of nitrogens with one attached hydrogen (secondary N) is 4. The Morgan fingerprint density at radius 2 is 1.46 bits per heavy atom. The quantitative estimate of drug-likeness (QED) is 0.208. The number of H-pyrrole nitrogens is 2. The summed E-state index contributed by atoms with van der Waals surface area (Å²) in [5.74, 6) is 0.537. The highest BCUT2D eigenvalue weighted by molar-refractivity contribution is 6.49. The zero-order valence-electron chi connectivity index (χ0n) is 19.3. The first kappa shape index (κ1) is 23.1. The summed E-state index contributed by atoms with van der Waals surface area (Å²) >= 11 is 0. The van der Waals surface area contributed by atoms with Gasteiger partial charge < -0.3 is 15.8 Å². The molecule has 0 bridgehead atoms. The lowest BCUT2D eigenvalue weighted by atomic mass is 10.0. The minimum Gasteiger partial charge on any atom is -0.457 e. The maximum absolute atomic E-state index is 13.0. The molecule has 2 heterocycles. The lowest BCUT2D eigenvalue weighted by Gasteiger charge is -2.08. The number of carbonyl (C=O) groups excluding carboxylic acids is 1. The van der Waals surface area contributed by atoms with Crippen LogP contribution in [0.25, 0.3) is 22.5 Å². The number of hydrogen-bond acceptors (Lipinski definition) is 7. The summed E-state index contributed by atoms with van der Waals surface area (Å²) in [5, 5.41) is 34.4. The molecule has 10 heteroatoms. The van der Waals surface area contributed by atoms with E-state index in [0.29, 0.717) is 28.5 Å². The molecule has 5 rings (SSSR count). The molecule has 0 unspecified atom stereocenters. The van der Waals surface area contributed by atoms with Gasteiger partial charge in [-0.25, -0.2) is 0 Å². The molecule has 180 valence electrons. The number of anilines is 2. The van der Waals surface area contributed by atoms with Gasteiger partial charge >= 0.3 is 0 Å². The SMILES string of the molecule is N#Cc1c(NC(=O)C(=N)c2c(N)n[nH]c2-c2ccc(Oc3ccccc3)cc2)n[nH]c1-c1ccccc1. The standard InChI is InChI=1S/C27H20N8O2/c28-15-20-23(16-7-3-1-4-8-16)32-35-26(20)31-27(36)22(29)21-24(33-34-25(21)30)17-11-13-19(14-12-17)37-18-9-5-2-6-10-18/h1-14,29H,(H3,30,33,34)(H2,31,32,35,36). The van der Waals surface area contributed by atoms with Gasteiger partial charge in [0.1, 0.15) is 28.8 Å². The molecular weight excluding hydrogens is 468 g/mol. The third-order valence-corrected chi connectivity index (χ3v) is 5.57. The Morgan fingerprint density at radius 1 is 0.865 bits per heavy atom. The number of aromatic nitrogens is 4. The van der Waals surface area contributed by atoms with Crippen molar-refractivity contribution in [1.29, 1.82) is 10.7 Å². The second-order valence-electron chi connectivity index (χ2n) is 7.93. The molecule has 0 atom stereocenters. The van der Waals surface area contributed by atoms with Crippen molar-refractivity contribution in [3.63, 3.8) is 0 Å². The van der Waals surface area contributed by atoms with Gasteiger partial charge in [0.15, 0.2) is 11.6 Å². The molecule has 0 aliphatic rings.